The van der Waals surface area contributed by atoms with Gasteiger partial charge in [0.05, 0.1) is 22.7 Å². The number of benzene rings is 2. The first kappa shape index (κ1) is 99.2. The lowest BCUT2D eigenvalue weighted by molar-refractivity contribution is -0.157. The second kappa shape index (κ2) is 44.6. The summed E-state index contributed by atoms with van der Waals surface area (Å²) in [5.74, 6) is -12.8. The van der Waals surface area contributed by atoms with E-state index in [1.807, 2.05) is 55.4 Å². The molecule has 0 saturated carbocycles. The second-order valence-corrected chi connectivity index (χ2v) is 34.5. The molecule has 1 aromatic heterocycles. The predicted molar refractivity (Wildman–Crippen MR) is 450 cm³/mol. The maximum atomic E-state index is 17.0. The zero-order chi connectivity index (χ0) is 89.1. The smallest absolute Gasteiger partial charge is 0.246 e. The van der Waals surface area contributed by atoms with Crippen molar-refractivity contribution in [2.75, 3.05) is 112 Å². The van der Waals surface area contributed by atoms with Gasteiger partial charge < -0.3 is 81.3 Å². The molecular weight excluding hydrogens is 1540 g/mol. The minimum Gasteiger partial charge on any atom is -0.507 e. The number of phenolic OH excluding ortho intramolecular Hbond substituents is 1. The lowest BCUT2D eigenvalue weighted by Gasteiger charge is -2.41. The number of nitrogens with one attached hydrogen (secondary N) is 6. The first-order chi connectivity index (χ1) is 55.1. The first-order valence-electron chi connectivity index (χ1n) is 41.2. The van der Waals surface area contributed by atoms with Gasteiger partial charge in [-0.05, 0) is 125 Å². The number of nitrogens with zero attached hydrogens (tertiary/aromatic N) is 11. The second-order valence-electron chi connectivity index (χ2n) is 34.1. The molecular formula is C84H132ClF2N17O14. The van der Waals surface area contributed by atoms with Crippen LogP contribution in [0.3, 0.4) is 0 Å². The summed E-state index contributed by atoms with van der Waals surface area (Å²) >= 11 is 6.68. The molecule has 0 unspecified atom stereocenters. The number of aliphatic hydroxyl groups excluding tert-OH is 1. The highest BCUT2D eigenvalue weighted by atomic mass is 35.5. The van der Waals surface area contributed by atoms with Crippen LogP contribution in [-0.4, -0.2) is 298 Å². The molecule has 34 heteroatoms. The molecule has 12 atom stereocenters. The average Bonchev–Trinajstić information content (AvgIpc) is 0.747. The fourth-order valence-corrected chi connectivity index (χ4v) is 15.3. The number of carbonyl (C=O) groups excluding carboxylic acids is 12. The molecule has 12 amide bonds. The summed E-state index contributed by atoms with van der Waals surface area (Å²) in [7, 11) is 10.2. The highest BCUT2D eigenvalue weighted by Crippen LogP contribution is 2.43. The van der Waals surface area contributed by atoms with Crippen molar-refractivity contribution in [2.45, 2.75) is 222 Å². The molecule has 2 saturated heterocycles. The molecule has 658 valence electrons. The number of halogens is 3. The molecule has 2 aliphatic rings. The number of likely N-dealkylation sites (N-methyl/N-ethyl adjacent to an activating group) is 7. The van der Waals surface area contributed by atoms with Crippen molar-refractivity contribution in [3.63, 3.8) is 0 Å². The van der Waals surface area contributed by atoms with Crippen molar-refractivity contribution < 1.29 is 76.5 Å². The van der Waals surface area contributed by atoms with Crippen LogP contribution in [0.5, 0.6) is 5.75 Å². The highest BCUT2D eigenvalue weighted by molar-refractivity contribution is 6.34. The van der Waals surface area contributed by atoms with E-state index in [1.54, 1.807) is 63.3 Å². The van der Waals surface area contributed by atoms with E-state index in [0.29, 0.717) is 6.42 Å². The molecule has 3 heterocycles. The van der Waals surface area contributed by atoms with Crippen molar-refractivity contribution in [1.29, 1.82) is 0 Å². The third-order valence-corrected chi connectivity index (χ3v) is 22.4. The molecule has 0 spiro atoms. The number of piperazine rings is 1. The van der Waals surface area contributed by atoms with Gasteiger partial charge in [-0.1, -0.05) is 121 Å². The van der Waals surface area contributed by atoms with Gasteiger partial charge in [0.2, 0.25) is 76.8 Å². The SMILES string of the molecule is C=CC(=O)N1CCN(c2nc(NCCC(=O)NCC[C@@H](C)[C@@H](O)[C@H]3C(=O)N[C@@H](CC)C(=O)N(C)CCN(C)[C@@H](CC(C)C)C(=O)N[C@@H](C(C)C)C(=O)N(C)[C@@H](CC(C)C)C(=O)N[C@@H](C)C(=O)N[C@H](C)C(=O)N(C)[C@@H](CC(C)C)C(=O)N(C)[C@@H](CC(C)C)C(=O)N(C)[C@@H](C(C)C)C(=O)N3C)nc3c(F)c(-c4c(O)cccc4F)c(Cl)cc23)CC1. The number of aromatic hydroxyl groups is 1. The molecule has 0 aliphatic carbocycles. The Kier molecular flexibility index (Phi) is 37.5. The number of phenols is 1. The van der Waals surface area contributed by atoms with Crippen LogP contribution in [0.1, 0.15) is 156 Å². The Hall–Kier alpha value is -9.37. The van der Waals surface area contributed by atoms with Gasteiger partial charge in [0.15, 0.2) is 5.82 Å². The van der Waals surface area contributed by atoms with Crippen molar-refractivity contribution >= 4 is 105 Å². The molecule has 5 rings (SSSR count). The lowest BCUT2D eigenvalue weighted by atomic mass is 9.91. The maximum absolute atomic E-state index is 17.0. The number of aliphatic hydroxyl groups is 1. The Labute approximate surface area is 700 Å². The van der Waals surface area contributed by atoms with Crippen LogP contribution in [0.25, 0.3) is 22.0 Å². The number of anilines is 2. The Bertz CT molecular complexity index is 4030. The van der Waals surface area contributed by atoms with Crippen LogP contribution in [-0.2, 0) is 57.5 Å². The van der Waals surface area contributed by atoms with E-state index in [0.717, 1.165) is 11.0 Å². The van der Waals surface area contributed by atoms with Gasteiger partial charge in [-0.15, -0.1) is 0 Å². The maximum Gasteiger partial charge on any atom is 0.246 e. The third kappa shape index (κ3) is 25.6. The Morgan fingerprint density at radius 2 is 1.12 bits per heavy atom. The predicted octanol–water partition coefficient (Wildman–Crippen LogP) is 5.87. The fraction of sp³-hybridized carbons (Fsp3) is 0.667. The van der Waals surface area contributed by atoms with Gasteiger partial charge >= 0.3 is 0 Å². The number of carbonyl (C=O) groups is 12. The largest absolute Gasteiger partial charge is 0.507 e. The molecule has 2 fully saturated rings. The zero-order valence-corrected chi connectivity index (χ0v) is 74.2. The van der Waals surface area contributed by atoms with Gasteiger partial charge in [-0.3, -0.25) is 62.4 Å². The standard InChI is InChI=1S/C84H132ClF2N17O14/c1-25-57-79(114)97(19)35-34-96(18)58(40-45(3)4)75(110)93-68(49(11)12)82(117)98(20)59(41-46(5)6)76(111)90-52(16)74(109)91-53(17)78(113)99(21)60(42-47(7)8)80(115)100(22)61(43-48(9)10)81(116)101(23)70(50(13)14)83(118)102(24)71(77(112)92-57)72(108)51(15)30-32-88-63(106)31-33-89-84-94-69-54(73(95-84)104-38-36-103(37-39-104)64(107)26-2)44-55(85)65(67(69)87)66-56(86)28-27-29-62(66)105/h26-29,44-53,57-61,68,70-72,105,108H,2,25,30-43H2,1,3-24H3,(H,88,106)(H,90,111)(H,91,109)(H,92,112)(H,93,110)(H,89,94,95)/t51-,52+,53-,57+,58+,59+,60+,61+,68+,70+,71+,72-/m1/s1. The van der Waals surface area contributed by atoms with Gasteiger partial charge in [-0.25, -0.2) is 13.8 Å². The summed E-state index contributed by atoms with van der Waals surface area (Å²) in [5.41, 5.74) is -1.24. The van der Waals surface area contributed by atoms with E-state index in [-0.39, 0.29) is 148 Å². The topological polar surface area (TPSA) is 372 Å². The molecule has 3 aromatic rings. The molecule has 2 aromatic carbocycles. The Morgan fingerprint density at radius 3 is 1.66 bits per heavy atom. The van der Waals surface area contributed by atoms with E-state index < -0.39 is 178 Å². The summed E-state index contributed by atoms with van der Waals surface area (Å²) in [6.45, 7) is 32.5. The monoisotopic (exact) mass is 1680 g/mol. The van der Waals surface area contributed by atoms with Gasteiger partial charge in [0, 0.05) is 112 Å². The summed E-state index contributed by atoms with van der Waals surface area (Å²) in [5, 5.41) is 40.3. The van der Waals surface area contributed by atoms with Crippen LogP contribution in [0, 0.1) is 53.1 Å². The van der Waals surface area contributed by atoms with E-state index in [9.17, 15) is 48.6 Å². The molecule has 118 heavy (non-hydrogen) atoms. The molecule has 31 nitrogen and oxygen atoms in total. The molecule has 8 N–H and O–H groups in total. The zero-order valence-electron chi connectivity index (χ0n) is 73.4. The first-order valence-corrected chi connectivity index (χ1v) is 41.5. The number of aromatic nitrogens is 2. The highest BCUT2D eigenvalue weighted by Gasteiger charge is 2.46. The van der Waals surface area contributed by atoms with Crippen LogP contribution in [0.15, 0.2) is 36.9 Å². The average molecular weight is 1680 g/mol. The molecule has 0 bridgehead atoms. The molecule has 0 radical (unpaired) electrons. The molecule has 2 aliphatic heterocycles. The summed E-state index contributed by atoms with van der Waals surface area (Å²) in [6, 6.07) is -7.64. The van der Waals surface area contributed by atoms with Gasteiger partial charge in [-0.2, -0.15) is 4.98 Å². The number of fused-ring (bicyclic) bond motifs is 1. The van der Waals surface area contributed by atoms with Gasteiger partial charge in [0.1, 0.15) is 77.3 Å². The van der Waals surface area contributed by atoms with E-state index >= 15 is 28.0 Å². The van der Waals surface area contributed by atoms with Crippen LogP contribution >= 0.6 is 11.6 Å². The van der Waals surface area contributed by atoms with Crippen molar-refractivity contribution in [3.8, 4) is 16.9 Å². The van der Waals surface area contributed by atoms with Gasteiger partial charge in [0.25, 0.3) is 0 Å². The number of hydrogen-bond donors (Lipinski definition) is 8. The fourth-order valence-electron chi connectivity index (χ4n) is 15.0. The summed E-state index contributed by atoms with van der Waals surface area (Å²) in [6.07, 6.45) is -0.0782. The van der Waals surface area contributed by atoms with E-state index in [4.69, 9.17) is 16.6 Å². The summed E-state index contributed by atoms with van der Waals surface area (Å²) < 4.78 is 32.3. The Morgan fingerprint density at radius 1 is 0.593 bits per heavy atom. The number of rotatable bonds is 23. The van der Waals surface area contributed by atoms with Crippen LogP contribution < -0.4 is 36.8 Å². The van der Waals surface area contributed by atoms with Crippen LogP contribution in [0.4, 0.5) is 20.5 Å². The number of hydrogen-bond acceptors (Lipinski definition) is 19. The normalized spacial score (nSPS) is 23.4. The minimum absolute atomic E-state index is 0.00375. The number of amides is 12. The van der Waals surface area contributed by atoms with Crippen molar-refractivity contribution in [2.24, 2.45) is 41.4 Å². The lowest BCUT2D eigenvalue weighted by Crippen LogP contribution is -2.63. The van der Waals surface area contributed by atoms with Crippen molar-refractivity contribution in [1.82, 2.24) is 75.8 Å². The Balaban J connectivity index is 1.54. The minimum atomic E-state index is -1.78. The summed E-state index contributed by atoms with van der Waals surface area (Å²) in [4.78, 5) is 197. The van der Waals surface area contributed by atoms with Crippen LogP contribution in [0.2, 0.25) is 5.02 Å². The quantitative estimate of drug-likeness (QED) is 0.0515. The van der Waals surface area contributed by atoms with E-state index in [2.05, 4.69) is 43.5 Å². The third-order valence-electron chi connectivity index (χ3n) is 22.1. The van der Waals surface area contributed by atoms with E-state index in [1.165, 1.54) is 105 Å². The van der Waals surface area contributed by atoms with Crippen molar-refractivity contribution in [3.05, 3.63) is 53.6 Å².